The van der Waals surface area contributed by atoms with Crippen molar-refractivity contribution in [2.45, 2.75) is 6.04 Å². The van der Waals surface area contributed by atoms with Gasteiger partial charge in [0, 0.05) is 5.56 Å². The van der Waals surface area contributed by atoms with Gasteiger partial charge in [-0.3, -0.25) is 0 Å². The molecule has 0 saturated carbocycles. The summed E-state index contributed by atoms with van der Waals surface area (Å²) in [5.41, 5.74) is 7.14. The van der Waals surface area contributed by atoms with Crippen LogP contribution in [0.25, 0.3) is 6.08 Å². The van der Waals surface area contributed by atoms with Gasteiger partial charge in [0.2, 0.25) is 0 Å². The summed E-state index contributed by atoms with van der Waals surface area (Å²) in [4.78, 5) is 0. The highest BCUT2D eigenvalue weighted by Gasteiger charge is 2.16. The Bertz CT molecular complexity index is 317. The van der Waals surface area contributed by atoms with Crippen molar-refractivity contribution in [3.63, 3.8) is 0 Å². The number of hydrogen-bond donors (Lipinski definition) is 1. The predicted octanol–water partition coefficient (Wildman–Crippen LogP) is 1.85. The second-order valence-corrected chi connectivity index (χ2v) is 2.63. The summed E-state index contributed by atoms with van der Waals surface area (Å²) in [6.07, 6.45) is 3.65. The van der Waals surface area contributed by atoms with Crippen molar-refractivity contribution in [3.05, 3.63) is 41.2 Å². The van der Waals surface area contributed by atoms with Crippen LogP contribution in [0, 0.1) is 5.82 Å². The highest BCUT2D eigenvalue weighted by molar-refractivity contribution is 5.62. The van der Waals surface area contributed by atoms with E-state index in [1.54, 1.807) is 12.1 Å². The Morgan fingerprint density at radius 2 is 2.18 bits per heavy atom. The van der Waals surface area contributed by atoms with Gasteiger partial charge in [-0.25, -0.2) is 4.39 Å². The van der Waals surface area contributed by atoms with E-state index in [0.717, 1.165) is 5.56 Å². The third-order valence-electron chi connectivity index (χ3n) is 1.90. The van der Waals surface area contributed by atoms with Crippen molar-refractivity contribution >= 4 is 6.08 Å². The Labute approximate surface area is 64.3 Å². The zero-order chi connectivity index (χ0) is 7.84. The van der Waals surface area contributed by atoms with Crippen molar-refractivity contribution in [1.29, 1.82) is 0 Å². The molecule has 1 aliphatic carbocycles. The molecule has 1 aromatic carbocycles. The van der Waals surface area contributed by atoms with Gasteiger partial charge in [-0.05, 0) is 11.6 Å². The van der Waals surface area contributed by atoms with Crippen LogP contribution in [0.3, 0.4) is 0 Å². The number of hydrogen-bond acceptors (Lipinski definition) is 1. The van der Waals surface area contributed by atoms with E-state index in [0.29, 0.717) is 5.56 Å². The molecule has 0 spiro atoms. The number of nitrogens with two attached hydrogens (primary N) is 1. The Balaban J connectivity index is 2.65. The van der Waals surface area contributed by atoms with Gasteiger partial charge in [-0.2, -0.15) is 0 Å². The molecule has 0 aliphatic heterocycles. The van der Waals surface area contributed by atoms with Gasteiger partial charge in [0.05, 0.1) is 6.04 Å². The Kier molecular flexibility index (Phi) is 1.29. The second-order valence-electron chi connectivity index (χ2n) is 2.63. The number of halogens is 1. The minimum absolute atomic E-state index is 0.208. The van der Waals surface area contributed by atoms with Crippen LogP contribution in [0.4, 0.5) is 4.39 Å². The first-order valence-electron chi connectivity index (χ1n) is 3.51. The molecule has 56 valence electrons. The van der Waals surface area contributed by atoms with Gasteiger partial charge in [0.15, 0.2) is 0 Å². The molecule has 0 amide bonds. The molecule has 0 fully saturated rings. The molecule has 0 aromatic heterocycles. The third kappa shape index (κ3) is 0.870. The van der Waals surface area contributed by atoms with Crippen LogP contribution in [0.2, 0.25) is 0 Å². The van der Waals surface area contributed by atoms with Crippen molar-refractivity contribution in [2.75, 3.05) is 0 Å². The van der Waals surface area contributed by atoms with E-state index >= 15 is 0 Å². The molecule has 0 heterocycles. The van der Waals surface area contributed by atoms with E-state index in [1.165, 1.54) is 6.07 Å². The minimum atomic E-state index is -0.258. The second kappa shape index (κ2) is 2.17. The number of benzene rings is 1. The van der Waals surface area contributed by atoms with Gasteiger partial charge in [0.25, 0.3) is 0 Å². The van der Waals surface area contributed by atoms with Crippen LogP contribution >= 0.6 is 0 Å². The maximum atomic E-state index is 13.0. The summed E-state index contributed by atoms with van der Waals surface area (Å²) in [6.45, 7) is 0. The molecule has 2 N–H and O–H groups in total. The van der Waals surface area contributed by atoms with Gasteiger partial charge >= 0.3 is 0 Å². The molecule has 2 heteroatoms. The molecule has 1 aromatic rings. The molecule has 1 nitrogen and oxygen atoms in total. The van der Waals surface area contributed by atoms with Gasteiger partial charge < -0.3 is 5.73 Å². The largest absolute Gasteiger partial charge is 0.321 e. The molecule has 1 unspecified atom stereocenters. The fourth-order valence-corrected chi connectivity index (χ4v) is 1.35. The summed E-state index contributed by atoms with van der Waals surface area (Å²) >= 11 is 0. The van der Waals surface area contributed by atoms with Crippen molar-refractivity contribution in [2.24, 2.45) is 5.73 Å². The molecular weight excluding hydrogens is 141 g/mol. The highest BCUT2D eigenvalue weighted by atomic mass is 19.1. The summed E-state index contributed by atoms with van der Waals surface area (Å²) < 4.78 is 13.0. The lowest BCUT2D eigenvalue weighted by atomic mass is 10.1. The van der Waals surface area contributed by atoms with E-state index in [2.05, 4.69) is 0 Å². The van der Waals surface area contributed by atoms with Gasteiger partial charge in [0.1, 0.15) is 5.82 Å². The summed E-state index contributed by atoms with van der Waals surface area (Å²) in [5, 5.41) is 0. The first kappa shape index (κ1) is 6.55. The molecule has 0 radical (unpaired) electrons. The lowest BCUT2D eigenvalue weighted by Crippen LogP contribution is -2.06. The molecule has 1 aliphatic rings. The Morgan fingerprint density at radius 1 is 1.36 bits per heavy atom. The summed E-state index contributed by atoms with van der Waals surface area (Å²) in [5.74, 6) is -0.208. The predicted molar refractivity (Wildman–Crippen MR) is 42.4 cm³/mol. The van der Waals surface area contributed by atoms with Crippen LogP contribution < -0.4 is 5.73 Å². The van der Waals surface area contributed by atoms with Crippen LogP contribution in [0.15, 0.2) is 24.3 Å². The van der Waals surface area contributed by atoms with Crippen molar-refractivity contribution in [3.8, 4) is 0 Å². The van der Waals surface area contributed by atoms with Crippen LogP contribution in [-0.2, 0) is 0 Å². The van der Waals surface area contributed by atoms with E-state index in [1.807, 2.05) is 12.1 Å². The minimum Gasteiger partial charge on any atom is -0.321 e. The average Bonchev–Trinajstić information content (AvgIpc) is 2.34. The lowest BCUT2D eigenvalue weighted by molar-refractivity contribution is 0.604. The van der Waals surface area contributed by atoms with Crippen molar-refractivity contribution in [1.82, 2.24) is 0 Å². The molecule has 0 bridgehead atoms. The van der Waals surface area contributed by atoms with Crippen LogP contribution in [-0.4, -0.2) is 0 Å². The normalized spacial score (nSPS) is 20.4. The Hall–Kier alpha value is -1.15. The summed E-state index contributed by atoms with van der Waals surface area (Å²) in [7, 11) is 0. The van der Waals surface area contributed by atoms with Crippen molar-refractivity contribution < 1.29 is 4.39 Å². The number of fused-ring (bicyclic) bond motifs is 1. The molecule has 11 heavy (non-hydrogen) atoms. The van der Waals surface area contributed by atoms with E-state index in [4.69, 9.17) is 5.73 Å². The first-order valence-corrected chi connectivity index (χ1v) is 3.51. The van der Waals surface area contributed by atoms with Crippen LogP contribution in [0.1, 0.15) is 17.2 Å². The first-order chi connectivity index (χ1) is 5.29. The fraction of sp³-hybridized carbons (Fsp3) is 0.111. The van der Waals surface area contributed by atoms with Gasteiger partial charge in [-0.1, -0.05) is 24.3 Å². The van der Waals surface area contributed by atoms with E-state index in [-0.39, 0.29) is 11.9 Å². The smallest absolute Gasteiger partial charge is 0.128 e. The monoisotopic (exact) mass is 149 g/mol. The topological polar surface area (TPSA) is 26.0 Å². The SMILES string of the molecule is NC1C=Cc2cccc(F)c21. The highest BCUT2D eigenvalue weighted by Crippen LogP contribution is 2.27. The van der Waals surface area contributed by atoms with Gasteiger partial charge in [-0.15, -0.1) is 0 Å². The van der Waals surface area contributed by atoms with Crippen LogP contribution in [0.5, 0.6) is 0 Å². The summed E-state index contributed by atoms with van der Waals surface area (Å²) in [6, 6.07) is 4.73. The molecule has 2 rings (SSSR count). The standard InChI is InChI=1S/C9H8FN/c10-7-3-1-2-6-4-5-8(11)9(6)7/h1-5,8H,11H2. The molecule has 0 saturated heterocycles. The number of rotatable bonds is 0. The zero-order valence-corrected chi connectivity index (χ0v) is 5.92. The third-order valence-corrected chi connectivity index (χ3v) is 1.90. The van der Waals surface area contributed by atoms with E-state index < -0.39 is 0 Å². The maximum Gasteiger partial charge on any atom is 0.128 e. The Morgan fingerprint density at radius 3 is 2.91 bits per heavy atom. The fourth-order valence-electron chi connectivity index (χ4n) is 1.35. The van der Waals surface area contributed by atoms with E-state index in [9.17, 15) is 4.39 Å². The lowest BCUT2D eigenvalue weighted by Gasteiger charge is -2.04. The quantitative estimate of drug-likeness (QED) is 0.598. The average molecular weight is 149 g/mol. The molecular formula is C9H8FN. The zero-order valence-electron chi connectivity index (χ0n) is 5.92. The maximum absolute atomic E-state index is 13.0. The molecule has 1 atom stereocenters.